The lowest BCUT2D eigenvalue weighted by Gasteiger charge is -1.92. The first-order valence-electron chi connectivity index (χ1n) is 2.61. The largest absolute Gasteiger partial charge is 0.384 e. The molecule has 0 atom stereocenters. The van der Waals surface area contributed by atoms with Crippen LogP contribution >= 0.6 is 0 Å². The molecular formula is C7H7N2. The maximum atomic E-state index is 6.99. The molecule has 2 heteroatoms. The van der Waals surface area contributed by atoms with Gasteiger partial charge in [0.2, 0.25) is 0 Å². The van der Waals surface area contributed by atoms with E-state index in [1.807, 2.05) is 0 Å². The normalized spacial score (nSPS) is 8.89. The molecule has 0 aliphatic heterocycles. The Morgan fingerprint density at radius 1 is 1.67 bits per heavy atom. The molecule has 0 aliphatic rings. The topological polar surface area (TPSA) is 49.9 Å². The molecule has 0 saturated heterocycles. The van der Waals surface area contributed by atoms with Crippen LogP contribution in [0, 0.1) is 11.5 Å². The summed E-state index contributed by atoms with van der Waals surface area (Å²) in [7, 11) is 0. The summed E-state index contributed by atoms with van der Waals surface area (Å²) in [5.41, 5.74) is 5.90. The van der Waals surface area contributed by atoms with Crippen molar-refractivity contribution in [3.05, 3.63) is 35.9 Å². The van der Waals surface area contributed by atoms with Gasteiger partial charge >= 0.3 is 0 Å². The molecule has 0 aliphatic carbocycles. The van der Waals surface area contributed by atoms with Gasteiger partial charge in [-0.25, -0.2) is 0 Å². The molecule has 3 N–H and O–H groups in total. The molecule has 9 heavy (non-hydrogen) atoms. The number of nitrogens with one attached hydrogen (secondary N) is 1. The summed E-state index contributed by atoms with van der Waals surface area (Å²) in [6.07, 6.45) is 0. The smallest absolute Gasteiger partial charge is 0.122 e. The minimum Gasteiger partial charge on any atom is -0.384 e. The van der Waals surface area contributed by atoms with Gasteiger partial charge in [-0.15, -0.1) is 0 Å². The highest BCUT2D eigenvalue weighted by Crippen LogP contribution is 1.93. The summed E-state index contributed by atoms with van der Waals surface area (Å²) in [6, 6.07) is 9.85. The number of nitrogen functional groups attached to an aromatic ring is 1. The minimum atomic E-state index is 0.0897. The molecule has 0 fully saturated rings. The quantitative estimate of drug-likeness (QED) is 0.416. The van der Waals surface area contributed by atoms with Crippen molar-refractivity contribution in [2.24, 2.45) is 5.73 Å². The average molecular weight is 119 g/mol. The fraction of sp³-hybridized carbons (Fsp3) is 0. The Bertz CT molecular complexity index is 203. The fourth-order valence-corrected chi connectivity index (χ4v) is 0.561. The second kappa shape index (κ2) is 2.31. The Hall–Kier alpha value is -1.31. The van der Waals surface area contributed by atoms with E-state index in [-0.39, 0.29) is 5.84 Å². The van der Waals surface area contributed by atoms with Crippen LogP contribution in [0.15, 0.2) is 24.3 Å². The molecular weight excluding hydrogens is 112 g/mol. The molecule has 0 amide bonds. The average Bonchev–Trinajstić information content (AvgIpc) is 1.90. The molecule has 0 aromatic heterocycles. The zero-order valence-corrected chi connectivity index (χ0v) is 4.89. The van der Waals surface area contributed by atoms with Gasteiger partial charge in [0.1, 0.15) is 5.84 Å². The van der Waals surface area contributed by atoms with Crippen LogP contribution in [0.2, 0.25) is 0 Å². The Balaban J connectivity index is 2.98. The molecule has 2 nitrogen and oxygen atoms in total. The van der Waals surface area contributed by atoms with Gasteiger partial charge < -0.3 is 5.73 Å². The number of amidine groups is 1. The number of rotatable bonds is 1. The van der Waals surface area contributed by atoms with Crippen molar-refractivity contribution in [3.8, 4) is 0 Å². The van der Waals surface area contributed by atoms with Crippen LogP contribution in [0.25, 0.3) is 0 Å². The van der Waals surface area contributed by atoms with E-state index in [1.165, 1.54) is 0 Å². The fourth-order valence-electron chi connectivity index (χ4n) is 0.561. The molecule has 45 valence electrons. The van der Waals surface area contributed by atoms with Crippen molar-refractivity contribution in [3.63, 3.8) is 0 Å². The van der Waals surface area contributed by atoms with E-state index in [0.29, 0.717) is 0 Å². The highest BCUT2D eigenvalue weighted by atomic mass is 14.7. The van der Waals surface area contributed by atoms with E-state index < -0.39 is 0 Å². The third-order valence-electron chi connectivity index (χ3n) is 1.02. The lowest BCUT2D eigenvalue weighted by Crippen LogP contribution is -2.10. The first-order valence-corrected chi connectivity index (χ1v) is 2.61. The van der Waals surface area contributed by atoms with Crippen molar-refractivity contribution in [2.45, 2.75) is 0 Å². The van der Waals surface area contributed by atoms with Crippen molar-refractivity contribution in [1.29, 1.82) is 5.41 Å². The summed E-state index contributed by atoms with van der Waals surface area (Å²) in [4.78, 5) is 0. The standard InChI is InChI=1S/C7H7N2/c8-7(9)6-4-2-1-3-5-6/h1-2,4-5H,(H3,8,9). The third kappa shape index (κ3) is 1.29. The van der Waals surface area contributed by atoms with Gasteiger partial charge in [0.25, 0.3) is 0 Å². The van der Waals surface area contributed by atoms with Gasteiger partial charge in [-0.3, -0.25) is 5.41 Å². The van der Waals surface area contributed by atoms with Gasteiger partial charge in [0, 0.05) is 5.56 Å². The number of hydrogen-bond acceptors (Lipinski definition) is 1. The highest BCUT2D eigenvalue weighted by molar-refractivity contribution is 5.94. The van der Waals surface area contributed by atoms with Crippen LogP contribution in [0.1, 0.15) is 5.56 Å². The lowest BCUT2D eigenvalue weighted by molar-refractivity contribution is 1.42. The highest BCUT2D eigenvalue weighted by Gasteiger charge is 1.89. The number of benzene rings is 1. The molecule has 0 unspecified atom stereocenters. The molecule has 1 radical (unpaired) electrons. The predicted molar refractivity (Wildman–Crippen MR) is 36.3 cm³/mol. The molecule has 1 aromatic carbocycles. The first kappa shape index (κ1) is 5.82. The Morgan fingerprint density at radius 3 is 2.78 bits per heavy atom. The maximum absolute atomic E-state index is 6.99. The van der Waals surface area contributed by atoms with E-state index in [1.54, 1.807) is 24.3 Å². The zero-order chi connectivity index (χ0) is 6.69. The Labute approximate surface area is 53.8 Å². The molecule has 1 rings (SSSR count). The van der Waals surface area contributed by atoms with Crippen LogP contribution in [0.4, 0.5) is 0 Å². The number of nitrogens with two attached hydrogens (primary N) is 1. The van der Waals surface area contributed by atoms with Gasteiger partial charge in [0.15, 0.2) is 0 Å². The lowest BCUT2D eigenvalue weighted by atomic mass is 10.2. The summed E-state index contributed by atoms with van der Waals surface area (Å²) in [6.45, 7) is 0. The summed E-state index contributed by atoms with van der Waals surface area (Å²) < 4.78 is 0. The van der Waals surface area contributed by atoms with Gasteiger partial charge in [0.05, 0.1) is 0 Å². The summed E-state index contributed by atoms with van der Waals surface area (Å²) in [5.74, 6) is 0.0897. The number of hydrogen-bond donors (Lipinski definition) is 2. The SMILES string of the molecule is N=C(N)c1c[c]ccc1. The van der Waals surface area contributed by atoms with Crippen molar-refractivity contribution < 1.29 is 0 Å². The van der Waals surface area contributed by atoms with E-state index in [2.05, 4.69) is 6.07 Å². The van der Waals surface area contributed by atoms with E-state index in [4.69, 9.17) is 11.1 Å². The van der Waals surface area contributed by atoms with E-state index >= 15 is 0 Å². The summed E-state index contributed by atoms with van der Waals surface area (Å²) in [5, 5.41) is 6.99. The van der Waals surface area contributed by atoms with Crippen molar-refractivity contribution in [1.82, 2.24) is 0 Å². The molecule has 0 heterocycles. The van der Waals surface area contributed by atoms with Crippen LogP contribution in [0.3, 0.4) is 0 Å². The predicted octanol–water partition coefficient (Wildman–Crippen LogP) is 0.771. The Kier molecular flexibility index (Phi) is 1.49. The summed E-state index contributed by atoms with van der Waals surface area (Å²) >= 11 is 0. The monoisotopic (exact) mass is 119 g/mol. The van der Waals surface area contributed by atoms with Crippen LogP contribution < -0.4 is 5.73 Å². The molecule has 0 saturated carbocycles. The zero-order valence-electron chi connectivity index (χ0n) is 4.89. The molecule has 0 bridgehead atoms. The maximum Gasteiger partial charge on any atom is 0.122 e. The van der Waals surface area contributed by atoms with E-state index in [0.717, 1.165) is 5.56 Å². The van der Waals surface area contributed by atoms with Gasteiger partial charge in [-0.2, -0.15) is 0 Å². The Morgan fingerprint density at radius 2 is 2.44 bits per heavy atom. The van der Waals surface area contributed by atoms with Gasteiger partial charge in [-0.1, -0.05) is 18.2 Å². The second-order valence-corrected chi connectivity index (χ2v) is 1.71. The van der Waals surface area contributed by atoms with Crippen LogP contribution in [0.5, 0.6) is 0 Å². The van der Waals surface area contributed by atoms with Crippen molar-refractivity contribution >= 4 is 5.84 Å². The minimum absolute atomic E-state index is 0.0897. The van der Waals surface area contributed by atoms with Crippen LogP contribution in [-0.4, -0.2) is 5.84 Å². The van der Waals surface area contributed by atoms with E-state index in [9.17, 15) is 0 Å². The van der Waals surface area contributed by atoms with Crippen LogP contribution in [-0.2, 0) is 0 Å². The molecule has 1 aromatic rings. The molecule has 0 spiro atoms. The second-order valence-electron chi connectivity index (χ2n) is 1.71. The van der Waals surface area contributed by atoms with Crippen molar-refractivity contribution in [2.75, 3.05) is 0 Å². The van der Waals surface area contributed by atoms with Gasteiger partial charge in [-0.05, 0) is 12.1 Å². The third-order valence-corrected chi connectivity index (χ3v) is 1.02. The first-order chi connectivity index (χ1) is 4.30.